The summed E-state index contributed by atoms with van der Waals surface area (Å²) < 4.78 is 43.6. The van der Waals surface area contributed by atoms with Crippen molar-refractivity contribution in [2.45, 2.75) is 33.0 Å². The van der Waals surface area contributed by atoms with Gasteiger partial charge in [0.1, 0.15) is 5.75 Å². The van der Waals surface area contributed by atoms with Gasteiger partial charge in [-0.1, -0.05) is 26.0 Å². The van der Waals surface area contributed by atoms with Crippen LogP contribution < -0.4 is 9.64 Å². The Balaban J connectivity index is 1.81. The molecule has 0 radical (unpaired) electrons. The molecule has 0 saturated carbocycles. The number of carbonyl (C=O) groups is 2. The molecule has 2 amide bonds. The number of anilines is 1. The molecule has 1 atom stereocenters. The molecule has 0 N–H and O–H groups in total. The zero-order chi connectivity index (χ0) is 22.8. The van der Waals surface area contributed by atoms with E-state index in [-0.39, 0.29) is 36.5 Å². The van der Waals surface area contributed by atoms with Crippen molar-refractivity contribution in [3.63, 3.8) is 0 Å². The highest BCUT2D eigenvalue weighted by molar-refractivity contribution is 6.02. The Morgan fingerprint density at radius 2 is 1.94 bits per heavy atom. The molecule has 0 aliphatic carbocycles. The normalized spacial score (nSPS) is 16.9. The molecule has 1 fully saturated rings. The molecule has 1 aromatic carbocycles. The number of amides is 2. The van der Waals surface area contributed by atoms with E-state index in [0.717, 1.165) is 12.4 Å². The van der Waals surface area contributed by atoms with Crippen molar-refractivity contribution in [3.05, 3.63) is 48.0 Å². The minimum Gasteiger partial charge on any atom is -0.494 e. The monoisotopic (exact) mass is 436 g/mol. The molecular weight excluding hydrogens is 413 g/mol. The van der Waals surface area contributed by atoms with Crippen LogP contribution in [-0.2, 0) is 6.18 Å². The molecule has 1 aromatic heterocycles. The SMILES string of the molecule is CCOc1cccc(C(=O)CN2C(=O)N(c3cnc(C(F)(F)F)nc3)C[C@@H]2C(C)C)c1. The number of alkyl halides is 3. The number of ketones is 1. The van der Waals surface area contributed by atoms with Gasteiger partial charge in [0.2, 0.25) is 5.82 Å². The lowest BCUT2D eigenvalue weighted by molar-refractivity contribution is -0.144. The van der Waals surface area contributed by atoms with Gasteiger partial charge < -0.3 is 9.64 Å². The van der Waals surface area contributed by atoms with Gasteiger partial charge in [0.05, 0.1) is 37.3 Å². The first kappa shape index (κ1) is 22.5. The Bertz CT molecular complexity index is 948. The predicted octanol–water partition coefficient (Wildman–Crippen LogP) is 4.04. The Kier molecular flexibility index (Phi) is 6.47. The molecular formula is C21H23F3N4O3. The predicted molar refractivity (Wildman–Crippen MR) is 107 cm³/mol. The topological polar surface area (TPSA) is 75.6 Å². The van der Waals surface area contributed by atoms with Crippen molar-refractivity contribution >= 4 is 17.5 Å². The van der Waals surface area contributed by atoms with E-state index in [1.807, 2.05) is 20.8 Å². The molecule has 10 heteroatoms. The van der Waals surface area contributed by atoms with Crippen LogP contribution in [0.2, 0.25) is 0 Å². The van der Waals surface area contributed by atoms with Crippen LogP contribution in [0.25, 0.3) is 0 Å². The number of aromatic nitrogens is 2. The number of Topliss-reactive ketones (excluding diaryl/α,β-unsaturated/α-hetero) is 1. The lowest BCUT2D eigenvalue weighted by Crippen LogP contribution is -2.41. The van der Waals surface area contributed by atoms with E-state index in [4.69, 9.17) is 4.74 Å². The first-order chi connectivity index (χ1) is 14.6. The van der Waals surface area contributed by atoms with Crippen molar-refractivity contribution in [1.29, 1.82) is 0 Å². The van der Waals surface area contributed by atoms with Gasteiger partial charge in [0, 0.05) is 12.1 Å². The lowest BCUT2D eigenvalue weighted by atomic mass is 10.0. The fraction of sp³-hybridized carbons (Fsp3) is 0.429. The highest BCUT2D eigenvalue weighted by atomic mass is 19.4. The van der Waals surface area contributed by atoms with E-state index < -0.39 is 18.0 Å². The fourth-order valence-corrected chi connectivity index (χ4v) is 3.41. The first-order valence-corrected chi connectivity index (χ1v) is 9.85. The maximum atomic E-state index is 13.0. The summed E-state index contributed by atoms with van der Waals surface area (Å²) in [5.41, 5.74) is 0.564. The summed E-state index contributed by atoms with van der Waals surface area (Å²) in [6.45, 7) is 6.19. The number of nitrogens with zero attached hydrogens (tertiary/aromatic N) is 4. The highest BCUT2D eigenvalue weighted by Gasteiger charge is 2.41. The van der Waals surface area contributed by atoms with Crippen LogP contribution in [-0.4, -0.2) is 52.4 Å². The minimum atomic E-state index is -4.66. The Morgan fingerprint density at radius 1 is 1.26 bits per heavy atom. The van der Waals surface area contributed by atoms with Gasteiger partial charge in [-0.2, -0.15) is 13.2 Å². The van der Waals surface area contributed by atoms with Crippen LogP contribution in [0.4, 0.5) is 23.7 Å². The quantitative estimate of drug-likeness (QED) is 0.613. The largest absolute Gasteiger partial charge is 0.494 e. The van der Waals surface area contributed by atoms with Crippen LogP contribution in [0, 0.1) is 5.92 Å². The second kappa shape index (κ2) is 8.91. The Labute approximate surface area is 177 Å². The molecule has 1 aliphatic rings. The lowest BCUT2D eigenvalue weighted by Gasteiger charge is -2.25. The van der Waals surface area contributed by atoms with Crippen LogP contribution in [0.5, 0.6) is 5.75 Å². The van der Waals surface area contributed by atoms with E-state index in [9.17, 15) is 22.8 Å². The molecule has 166 valence electrons. The molecule has 1 aliphatic heterocycles. The van der Waals surface area contributed by atoms with Gasteiger partial charge in [-0.15, -0.1) is 0 Å². The van der Waals surface area contributed by atoms with Crippen LogP contribution >= 0.6 is 0 Å². The van der Waals surface area contributed by atoms with Crippen molar-refractivity contribution < 1.29 is 27.5 Å². The van der Waals surface area contributed by atoms with Crippen molar-refractivity contribution in [2.24, 2.45) is 5.92 Å². The minimum absolute atomic E-state index is 0.0203. The van der Waals surface area contributed by atoms with E-state index >= 15 is 0 Å². The number of halogens is 3. The van der Waals surface area contributed by atoms with Crippen molar-refractivity contribution in [3.8, 4) is 5.75 Å². The van der Waals surface area contributed by atoms with Crippen LogP contribution in [0.15, 0.2) is 36.7 Å². The van der Waals surface area contributed by atoms with Gasteiger partial charge in [0.15, 0.2) is 5.78 Å². The molecule has 0 spiro atoms. The van der Waals surface area contributed by atoms with E-state index in [2.05, 4.69) is 9.97 Å². The molecule has 2 heterocycles. The maximum Gasteiger partial charge on any atom is 0.451 e. The van der Waals surface area contributed by atoms with Crippen LogP contribution in [0.1, 0.15) is 37.0 Å². The molecule has 3 rings (SSSR count). The second-order valence-corrected chi connectivity index (χ2v) is 7.48. The van der Waals surface area contributed by atoms with Gasteiger partial charge >= 0.3 is 12.2 Å². The summed E-state index contributed by atoms with van der Waals surface area (Å²) in [4.78, 5) is 35.3. The Morgan fingerprint density at radius 3 is 2.52 bits per heavy atom. The Hall–Kier alpha value is -3.17. The van der Waals surface area contributed by atoms with Gasteiger partial charge in [-0.3, -0.25) is 9.69 Å². The summed E-state index contributed by atoms with van der Waals surface area (Å²) in [7, 11) is 0. The summed E-state index contributed by atoms with van der Waals surface area (Å²) in [6, 6.07) is 5.95. The zero-order valence-corrected chi connectivity index (χ0v) is 17.4. The van der Waals surface area contributed by atoms with E-state index in [0.29, 0.717) is 17.9 Å². The standard InChI is InChI=1S/C21H23F3N4O3/c1-4-31-16-7-5-6-14(8-16)18(29)12-28-17(13(2)3)11-27(20(28)30)15-9-25-19(26-10-15)21(22,23)24/h5-10,13,17H,4,11-12H2,1-3H3/t17-/m1/s1. The van der Waals surface area contributed by atoms with Gasteiger partial charge in [0.25, 0.3) is 0 Å². The maximum absolute atomic E-state index is 13.0. The molecule has 31 heavy (non-hydrogen) atoms. The number of ether oxygens (including phenoxy) is 1. The molecule has 1 saturated heterocycles. The summed E-state index contributed by atoms with van der Waals surface area (Å²) in [6.07, 6.45) is -2.72. The molecule has 2 aromatic rings. The smallest absolute Gasteiger partial charge is 0.451 e. The third-order valence-corrected chi connectivity index (χ3v) is 5.00. The summed E-state index contributed by atoms with van der Waals surface area (Å²) in [5, 5.41) is 0. The second-order valence-electron chi connectivity index (χ2n) is 7.48. The number of rotatable bonds is 7. The average molecular weight is 436 g/mol. The van der Waals surface area contributed by atoms with Gasteiger partial charge in [-0.05, 0) is 25.0 Å². The number of hydrogen-bond acceptors (Lipinski definition) is 5. The highest BCUT2D eigenvalue weighted by Crippen LogP contribution is 2.30. The van der Waals surface area contributed by atoms with E-state index in [1.165, 1.54) is 9.80 Å². The molecule has 0 unspecified atom stereocenters. The number of carbonyl (C=O) groups excluding carboxylic acids is 2. The number of urea groups is 1. The van der Waals surface area contributed by atoms with Crippen LogP contribution in [0.3, 0.4) is 0 Å². The zero-order valence-electron chi connectivity index (χ0n) is 17.4. The van der Waals surface area contributed by atoms with Gasteiger partial charge in [-0.25, -0.2) is 14.8 Å². The molecule has 0 bridgehead atoms. The average Bonchev–Trinajstić information content (AvgIpc) is 3.04. The number of benzene rings is 1. The third kappa shape index (κ3) is 4.95. The third-order valence-electron chi connectivity index (χ3n) is 5.00. The van der Waals surface area contributed by atoms with Crippen molar-refractivity contribution in [2.75, 3.05) is 24.6 Å². The first-order valence-electron chi connectivity index (χ1n) is 9.85. The van der Waals surface area contributed by atoms with E-state index in [1.54, 1.807) is 24.3 Å². The molecule has 7 nitrogen and oxygen atoms in total. The summed E-state index contributed by atoms with van der Waals surface area (Å²) >= 11 is 0. The summed E-state index contributed by atoms with van der Waals surface area (Å²) in [5.74, 6) is -0.951. The number of hydrogen-bond donors (Lipinski definition) is 0. The fourth-order valence-electron chi connectivity index (χ4n) is 3.41. The van der Waals surface area contributed by atoms with Crippen molar-refractivity contribution in [1.82, 2.24) is 14.9 Å².